The molecular formula is C106H91Br2N17. The number of aryl methyl sites for hydroxylation is 8. The van der Waals surface area contributed by atoms with E-state index in [1.54, 1.807) is 6.20 Å². The molecular weight excluding hydrogens is 1670 g/mol. The molecule has 20 aromatic rings. The summed E-state index contributed by atoms with van der Waals surface area (Å²) in [6, 6.07) is 94.5. The Bertz CT molecular complexity index is 7380. The zero-order chi connectivity index (χ0) is 88.4. The Morgan fingerprint density at radius 1 is 0.216 bits per heavy atom. The van der Waals surface area contributed by atoms with Gasteiger partial charge in [-0.2, -0.15) is 10.5 Å². The molecule has 0 aliphatic carbocycles. The van der Waals surface area contributed by atoms with E-state index in [0.29, 0.717) is 22.5 Å². The predicted octanol–water partition coefficient (Wildman–Crippen LogP) is 25.4. The van der Waals surface area contributed by atoms with Crippen LogP contribution in [0, 0.1) is 78.1 Å². The standard InChI is InChI=1S/2C17H13N3.2C16H14N2.2C10H9BrN2.C10H10N2.C10H9N/c1-11-7-15-16(10-20-11)14(8-13(9-18)17(15)19)12-5-3-2-4-6-12;1-11-7-15-16(10-20-11)13(9-18)8-14(17(15)19)12-5-3-2-4-6-12;1-11-9-14-15(10-18-11)13(7-8-16(14)17)12-5-3-2-4-6-12;1-11-9-15-13(10-18-11)7-8-14(16(15)17)12-5-3-2-4-6-12;1-6-4-7-8(5-13-6)9(11)2-3-10(7)12;1-6-4-8-7(5-13-6)2-3-9(11)10(8)12;1-7-5-9-8(6-12-7)3-2-4-10(9)11;1-8-6-9-4-2-3-5-10(9)7-11-8/h2*2-8,10H,19H2,1H3;2*2-10H,17H2,1H3;2*2-5H,12H2,1H3;2-6H,11H2,1H3;2-7H,1H3. The van der Waals surface area contributed by atoms with Gasteiger partial charge in [0.15, 0.2) is 0 Å². The lowest BCUT2D eigenvalue weighted by Gasteiger charge is -2.11. The van der Waals surface area contributed by atoms with Crippen LogP contribution in [0.5, 0.6) is 0 Å². The Labute approximate surface area is 743 Å². The van der Waals surface area contributed by atoms with Crippen LogP contribution in [-0.2, 0) is 0 Å². The third-order valence-corrected chi connectivity index (χ3v) is 22.3. The molecule has 0 fully saturated rings. The molecule has 0 bridgehead atoms. The van der Waals surface area contributed by atoms with Crippen molar-refractivity contribution >= 4 is 158 Å². The summed E-state index contributed by atoms with van der Waals surface area (Å²) in [6.45, 7) is 15.7. The molecule has 0 atom stereocenters. The molecule has 19 heteroatoms. The number of hydrogen-bond donors (Lipinski definition) is 7. The summed E-state index contributed by atoms with van der Waals surface area (Å²) >= 11 is 6.86. The molecule has 0 amide bonds. The third-order valence-electron chi connectivity index (χ3n) is 20.9. The number of aromatic nitrogens is 8. The molecule has 0 saturated heterocycles. The first-order chi connectivity index (χ1) is 60.4. The minimum Gasteiger partial charge on any atom is -0.398 e. The van der Waals surface area contributed by atoms with Crippen LogP contribution in [-0.4, -0.2) is 39.9 Å². The monoisotopic (exact) mass is 1760 g/mol. The zero-order valence-corrected chi connectivity index (χ0v) is 73.5. The first-order valence-electron chi connectivity index (χ1n) is 40.1. The lowest BCUT2D eigenvalue weighted by Crippen LogP contribution is -1.96. The maximum atomic E-state index is 9.35. The fraction of sp³-hybridized carbons (Fsp3) is 0.0755. The molecule has 0 aliphatic heterocycles. The number of nitrogen functional groups attached to an aromatic ring is 7. The van der Waals surface area contributed by atoms with Crippen molar-refractivity contribution in [1.29, 1.82) is 10.5 Å². The summed E-state index contributed by atoms with van der Waals surface area (Å²) < 4.78 is 1.97. The topological polar surface area (TPSA) is 333 Å². The maximum Gasteiger partial charge on any atom is 0.101 e. The molecule has 12 aromatic carbocycles. The smallest absolute Gasteiger partial charge is 0.101 e. The first-order valence-corrected chi connectivity index (χ1v) is 41.7. The number of nitrogens with two attached hydrogens (primary N) is 7. The van der Waals surface area contributed by atoms with Crippen LogP contribution >= 0.6 is 31.9 Å². The highest BCUT2D eigenvalue weighted by Gasteiger charge is 2.16. The van der Waals surface area contributed by atoms with E-state index in [9.17, 15) is 10.5 Å². The molecule has 0 spiro atoms. The lowest BCUT2D eigenvalue weighted by atomic mass is 9.95. The van der Waals surface area contributed by atoms with E-state index < -0.39 is 0 Å². The van der Waals surface area contributed by atoms with Crippen molar-refractivity contribution in [3.8, 4) is 56.6 Å². The van der Waals surface area contributed by atoms with Gasteiger partial charge in [0.05, 0.1) is 28.6 Å². The van der Waals surface area contributed by atoms with E-state index in [1.165, 1.54) is 21.9 Å². The van der Waals surface area contributed by atoms with Gasteiger partial charge in [0, 0.05) is 224 Å². The number of anilines is 7. The van der Waals surface area contributed by atoms with Crippen molar-refractivity contribution in [1.82, 2.24) is 39.9 Å². The van der Waals surface area contributed by atoms with Crippen LogP contribution in [0.3, 0.4) is 0 Å². The number of benzene rings is 12. The second-order valence-electron chi connectivity index (χ2n) is 29.9. The van der Waals surface area contributed by atoms with Gasteiger partial charge in [0.1, 0.15) is 6.07 Å². The molecule has 125 heavy (non-hydrogen) atoms. The number of halogens is 2. The summed E-state index contributed by atoms with van der Waals surface area (Å²) in [5, 5.41) is 35.4. The van der Waals surface area contributed by atoms with Crippen LogP contribution in [0.1, 0.15) is 56.7 Å². The van der Waals surface area contributed by atoms with E-state index >= 15 is 0 Å². The van der Waals surface area contributed by atoms with Gasteiger partial charge in [-0.25, -0.2) is 0 Å². The van der Waals surface area contributed by atoms with E-state index in [4.69, 9.17) is 40.1 Å². The molecule has 8 aromatic heterocycles. The Hall–Kier alpha value is -15.5. The van der Waals surface area contributed by atoms with Crippen molar-refractivity contribution in [3.05, 3.63) is 388 Å². The van der Waals surface area contributed by atoms with Gasteiger partial charge in [-0.05, 0) is 201 Å². The van der Waals surface area contributed by atoms with Gasteiger partial charge in [-0.3, -0.25) is 39.9 Å². The highest BCUT2D eigenvalue weighted by Crippen LogP contribution is 2.39. The van der Waals surface area contributed by atoms with Crippen LogP contribution in [0.2, 0.25) is 0 Å². The molecule has 8 heterocycles. The number of pyridine rings is 8. The van der Waals surface area contributed by atoms with Crippen LogP contribution in [0.4, 0.5) is 39.8 Å². The Morgan fingerprint density at radius 2 is 0.544 bits per heavy atom. The van der Waals surface area contributed by atoms with Crippen molar-refractivity contribution in [2.75, 3.05) is 40.1 Å². The summed E-state index contributed by atoms with van der Waals surface area (Å²) in [5.74, 6) is 0. The van der Waals surface area contributed by atoms with Crippen LogP contribution < -0.4 is 40.1 Å². The molecule has 0 unspecified atom stereocenters. The molecule has 17 nitrogen and oxygen atoms in total. The van der Waals surface area contributed by atoms with Gasteiger partial charge in [-0.1, -0.05) is 198 Å². The first kappa shape index (κ1) is 87.3. The molecule has 0 radical (unpaired) electrons. The van der Waals surface area contributed by atoms with Crippen molar-refractivity contribution in [2.45, 2.75) is 55.4 Å². The van der Waals surface area contributed by atoms with Gasteiger partial charge >= 0.3 is 0 Å². The average molecular weight is 1760 g/mol. The summed E-state index contributed by atoms with van der Waals surface area (Å²) in [6.07, 6.45) is 14.8. The minimum atomic E-state index is 0.502. The van der Waals surface area contributed by atoms with E-state index in [-0.39, 0.29) is 0 Å². The molecule has 20 rings (SSSR count). The van der Waals surface area contributed by atoms with Crippen molar-refractivity contribution < 1.29 is 0 Å². The van der Waals surface area contributed by atoms with Gasteiger partial charge in [0.25, 0.3) is 0 Å². The highest BCUT2D eigenvalue weighted by molar-refractivity contribution is 9.11. The van der Waals surface area contributed by atoms with Gasteiger partial charge < -0.3 is 40.1 Å². The SMILES string of the molecule is Cc1cc2c(N)c(-c3ccccc3)cc(C#N)c2cn1.Cc1cc2c(N)c(-c3ccccc3)ccc2cn1.Cc1cc2c(N)c(Br)ccc2cn1.Cc1cc2c(N)c(C#N)cc(-c3ccccc3)c2cn1.Cc1cc2c(N)ccc(-c3ccccc3)c2cn1.Cc1cc2c(N)ccc(Br)c2cn1.Cc1cc2c(N)cccc2cn1.Cc1cc2ccccc2cn1. The van der Waals surface area contributed by atoms with Crippen LogP contribution in [0.15, 0.2) is 332 Å². The normalized spacial score (nSPS) is 10.5. The Balaban J connectivity index is 0.000000124. The molecule has 0 saturated carbocycles. The third kappa shape index (κ3) is 21.1. The molecule has 14 N–H and O–H groups in total. The average Bonchev–Trinajstić information content (AvgIpc) is 0.776. The summed E-state index contributed by atoms with van der Waals surface area (Å²) in [5.41, 5.74) is 64.9. The highest BCUT2D eigenvalue weighted by atomic mass is 79.9. The number of nitrogens with zero attached hydrogens (tertiary/aromatic N) is 10. The van der Waals surface area contributed by atoms with Crippen molar-refractivity contribution in [2.24, 2.45) is 0 Å². The largest absolute Gasteiger partial charge is 0.398 e. The predicted molar refractivity (Wildman–Crippen MR) is 529 cm³/mol. The minimum absolute atomic E-state index is 0.502. The molecule has 0 aliphatic rings. The fourth-order valence-electron chi connectivity index (χ4n) is 14.4. The second kappa shape index (κ2) is 40.2. The summed E-state index contributed by atoms with van der Waals surface area (Å²) in [4.78, 5) is 34.1. The fourth-order valence-corrected chi connectivity index (χ4v) is 15.2. The molecule has 614 valence electrons. The van der Waals surface area contributed by atoms with Crippen LogP contribution in [0.25, 0.3) is 131 Å². The Morgan fingerprint density at radius 3 is 1.07 bits per heavy atom. The number of hydrogen-bond acceptors (Lipinski definition) is 17. The maximum absolute atomic E-state index is 9.35. The second-order valence-corrected chi connectivity index (χ2v) is 31.6. The van der Waals surface area contributed by atoms with Gasteiger partial charge in [0.2, 0.25) is 0 Å². The zero-order valence-electron chi connectivity index (χ0n) is 70.4. The van der Waals surface area contributed by atoms with Gasteiger partial charge in [-0.15, -0.1) is 0 Å². The lowest BCUT2D eigenvalue weighted by molar-refractivity contribution is 1.22. The van der Waals surface area contributed by atoms with E-state index in [2.05, 4.69) is 145 Å². The van der Waals surface area contributed by atoms with E-state index in [1.807, 2.05) is 311 Å². The number of fused-ring (bicyclic) bond motifs is 8. The van der Waals surface area contributed by atoms with Crippen molar-refractivity contribution in [3.63, 3.8) is 0 Å². The summed E-state index contributed by atoms with van der Waals surface area (Å²) in [7, 11) is 0. The number of nitriles is 2. The van der Waals surface area contributed by atoms with E-state index in [0.717, 1.165) is 192 Å². The number of rotatable bonds is 4. The quantitative estimate of drug-likeness (QED) is 0.0805. The Kier molecular flexibility index (Phi) is 28.1.